The highest BCUT2D eigenvalue weighted by molar-refractivity contribution is 6.22. The maximum Gasteiger partial charge on any atom is 0.238 e. The molecule has 2 N–H and O–H groups in total. The van der Waals surface area contributed by atoms with Crippen LogP contribution in [0.4, 0.5) is 17.1 Å². The molecule has 234 valence electrons. The molecule has 2 aliphatic heterocycles. The Morgan fingerprint density at radius 2 is 1.59 bits per heavy atom. The number of aromatic hydroxyl groups is 1. The number of fused-ring (bicyclic) bond motifs is 4. The fourth-order valence-electron chi connectivity index (χ4n) is 7.72. The maximum atomic E-state index is 14.0. The van der Waals surface area contributed by atoms with Crippen LogP contribution in [0.25, 0.3) is 16.8 Å². The molecular weight excluding hydrogens is 572 g/mol. The van der Waals surface area contributed by atoms with Crippen molar-refractivity contribution in [3.05, 3.63) is 113 Å². The van der Waals surface area contributed by atoms with Crippen molar-refractivity contribution in [2.24, 2.45) is 23.7 Å². The first kappa shape index (κ1) is 30.0. The predicted octanol–water partition coefficient (Wildman–Crippen LogP) is 8.65. The number of phenolic OH excluding ortho intramolecular Hbond substituents is 1. The Hall–Kier alpha value is -4.68. The van der Waals surface area contributed by atoms with Crippen molar-refractivity contribution in [2.75, 3.05) is 16.8 Å². The zero-order chi connectivity index (χ0) is 31.9. The van der Waals surface area contributed by atoms with Gasteiger partial charge >= 0.3 is 0 Å². The van der Waals surface area contributed by atoms with Crippen molar-refractivity contribution < 1.29 is 19.4 Å². The fourth-order valence-corrected chi connectivity index (χ4v) is 7.72. The third kappa shape index (κ3) is 5.41. The molecule has 7 rings (SSSR count). The van der Waals surface area contributed by atoms with E-state index in [1.54, 1.807) is 6.07 Å². The largest absolute Gasteiger partial charge is 0.507 e. The molecule has 2 heterocycles. The number of amides is 2. The smallest absolute Gasteiger partial charge is 0.238 e. The Labute approximate surface area is 270 Å². The van der Waals surface area contributed by atoms with Crippen molar-refractivity contribution in [3.63, 3.8) is 0 Å². The molecule has 2 saturated heterocycles. The van der Waals surface area contributed by atoms with Gasteiger partial charge in [-0.2, -0.15) is 0 Å². The second kappa shape index (κ2) is 12.3. The molecule has 0 spiro atoms. The number of carbonyl (C=O) groups is 2. The lowest BCUT2D eigenvalue weighted by Crippen LogP contribution is -2.35. The molecule has 46 heavy (non-hydrogen) atoms. The minimum atomic E-state index is -0.392. The van der Waals surface area contributed by atoms with Crippen molar-refractivity contribution in [1.82, 2.24) is 0 Å². The van der Waals surface area contributed by atoms with E-state index in [4.69, 9.17) is 4.74 Å². The highest BCUT2D eigenvalue weighted by Crippen LogP contribution is 2.52. The number of phenols is 1. The van der Waals surface area contributed by atoms with Gasteiger partial charge in [-0.05, 0) is 91.1 Å². The van der Waals surface area contributed by atoms with E-state index in [9.17, 15) is 14.7 Å². The van der Waals surface area contributed by atoms with E-state index >= 15 is 0 Å². The first-order valence-electron chi connectivity index (χ1n) is 16.3. The second-order valence-electron chi connectivity index (χ2n) is 13.2. The molecule has 0 bridgehead atoms. The molecule has 2 amide bonds. The van der Waals surface area contributed by atoms with Gasteiger partial charge in [0.15, 0.2) is 0 Å². The molecule has 0 radical (unpaired) electrons. The lowest BCUT2D eigenvalue weighted by molar-refractivity contribution is -0.122. The number of imide groups is 1. The standard InChI is InChI=1S/C40H40N2O4/c1-24(2)32-22-33-38(40(45)42(39(33)44)29-17-15-28(16-18-29)41-27-9-5-4-6-10-27)34-23-46-36(37(32)34)20-13-25(3)21-26-14-19-35(43)31-12-8-7-11-30(26)31/h4-12,14-19,21,24,33-34,36,38,41,43H,13,20,22-23H2,1-3H3/b25-21+/t33-,34+,36-,38-/m1/s1. The number of hydrogen-bond acceptors (Lipinski definition) is 5. The lowest BCUT2D eigenvalue weighted by atomic mass is 9.67. The normalized spacial score (nSPS) is 23.0. The second-order valence-corrected chi connectivity index (χ2v) is 13.2. The molecule has 0 saturated carbocycles. The molecule has 4 aromatic rings. The van der Waals surface area contributed by atoms with Gasteiger partial charge in [-0.15, -0.1) is 0 Å². The molecule has 4 aromatic carbocycles. The number of carbonyl (C=O) groups excluding carboxylic acids is 2. The molecule has 6 heteroatoms. The van der Waals surface area contributed by atoms with Crippen LogP contribution in [0.15, 0.2) is 108 Å². The van der Waals surface area contributed by atoms with E-state index in [0.717, 1.165) is 40.6 Å². The van der Waals surface area contributed by atoms with Gasteiger partial charge in [0.2, 0.25) is 11.8 Å². The number of allylic oxidation sites excluding steroid dienone is 2. The van der Waals surface area contributed by atoms with Crippen molar-refractivity contribution in [3.8, 4) is 5.75 Å². The van der Waals surface area contributed by atoms with Crippen molar-refractivity contribution in [2.45, 2.75) is 46.1 Å². The number of benzene rings is 4. The van der Waals surface area contributed by atoms with E-state index < -0.39 is 5.92 Å². The van der Waals surface area contributed by atoms with Crippen molar-refractivity contribution in [1.29, 1.82) is 0 Å². The van der Waals surface area contributed by atoms with Crippen LogP contribution in [0, 0.1) is 23.7 Å². The van der Waals surface area contributed by atoms with Gasteiger partial charge in [0.1, 0.15) is 5.75 Å². The SMILES string of the molecule is C/C(=C\c1ccc(O)c2ccccc12)CC[C@H]1OC[C@H]2C1=C(C(C)C)C[C@H]1C(=O)N(c3ccc(Nc4ccccc4)cc3)C(=O)[C@H]12. The minimum Gasteiger partial charge on any atom is -0.507 e. The molecule has 1 aliphatic carbocycles. The molecule has 6 nitrogen and oxygen atoms in total. The average molecular weight is 613 g/mol. The Bertz CT molecular complexity index is 1860. The Kier molecular flexibility index (Phi) is 7.99. The Balaban J connectivity index is 1.09. The summed E-state index contributed by atoms with van der Waals surface area (Å²) < 4.78 is 6.46. The summed E-state index contributed by atoms with van der Waals surface area (Å²) in [5.41, 5.74) is 7.34. The van der Waals surface area contributed by atoms with Gasteiger partial charge in [-0.1, -0.05) is 79.6 Å². The number of rotatable bonds is 8. The Morgan fingerprint density at radius 3 is 2.33 bits per heavy atom. The van der Waals surface area contributed by atoms with Crippen LogP contribution in [0.5, 0.6) is 5.75 Å². The van der Waals surface area contributed by atoms with Crippen molar-refractivity contribution >= 4 is 45.7 Å². The molecule has 0 unspecified atom stereocenters. The topological polar surface area (TPSA) is 78.9 Å². The number of hydrogen-bond donors (Lipinski definition) is 2. The first-order chi connectivity index (χ1) is 22.3. The summed E-state index contributed by atoms with van der Waals surface area (Å²) in [6, 6.07) is 29.1. The summed E-state index contributed by atoms with van der Waals surface area (Å²) in [6.07, 6.45) is 4.40. The van der Waals surface area contributed by atoms with E-state index in [1.807, 2.05) is 84.9 Å². The third-order valence-electron chi connectivity index (χ3n) is 9.97. The zero-order valence-corrected chi connectivity index (χ0v) is 26.6. The van der Waals surface area contributed by atoms with Crippen LogP contribution in [-0.4, -0.2) is 29.6 Å². The maximum absolute atomic E-state index is 14.0. The van der Waals surface area contributed by atoms with E-state index in [0.29, 0.717) is 18.7 Å². The summed E-state index contributed by atoms with van der Waals surface area (Å²) in [7, 11) is 0. The molecule has 0 aromatic heterocycles. The lowest BCUT2D eigenvalue weighted by Gasteiger charge is -2.33. The fraction of sp³-hybridized carbons (Fsp3) is 0.300. The molecule has 3 aliphatic rings. The quantitative estimate of drug-likeness (QED) is 0.154. The van der Waals surface area contributed by atoms with Crippen LogP contribution in [0.3, 0.4) is 0 Å². The third-order valence-corrected chi connectivity index (χ3v) is 9.97. The first-order valence-corrected chi connectivity index (χ1v) is 16.3. The monoisotopic (exact) mass is 612 g/mol. The van der Waals surface area contributed by atoms with Gasteiger partial charge in [0.05, 0.1) is 30.2 Å². The highest BCUT2D eigenvalue weighted by atomic mass is 16.5. The number of nitrogens with one attached hydrogen (secondary N) is 1. The van der Waals surface area contributed by atoms with Crippen LogP contribution in [0.2, 0.25) is 0 Å². The molecule has 2 fully saturated rings. The van der Waals surface area contributed by atoms with Gasteiger partial charge < -0.3 is 15.2 Å². The highest BCUT2D eigenvalue weighted by Gasteiger charge is 2.57. The number of ether oxygens (including phenoxy) is 1. The minimum absolute atomic E-state index is 0.0661. The molecular formula is C40H40N2O4. The van der Waals surface area contributed by atoms with E-state index in [2.05, 4.69) is 32.2 Å². The van der Waals surface area contributed by atoms with Gasteiger partial charge in [0, 0.05) is 22.7 Å². The number of anilines is 3. The van der Waals surface area contributed by atoms with E-state index in [1.165, 1.54) is 21.6 Å². The van der Waals surface area contributed by atoms with E-state index in [-0.39, 0.29) is 41.4 Å². The number of nitrogens with zero attached hydrogens (tertiary/aromatic N) is 1. The van der Waals surface area contributed by atoms with Crippen LogP contribution in [0.1, 0.15) is 45.6 Å². The van der Waals surface area contributed by atoms with Gasteiger partial charge in [-0.25, -0.2) is 0 Å². The number of para-hydroxylation sites is 1. The van der Waals surface area contributed by atoms with Crippen LogP contribution >= 0.6 is 0 Å². The Morgan fingerprint density at radius 1 is 0.891 bits per heavy atom. The summed E-state index contributed by atoms with van der Waals surface area (Å²) in [6.45, 7) is 6.98. The van der Waals surface area contributed by atoms with Crippen LogP contribution in [-0.2, 0) is 14.3 Å². The zero-order valence-electron chi connectivity index (χ0n) is 26.6. The van der Waals surface area contributed by atoms with Gasteiger partial charge in [-0.3, -0.25) is 14.5 Å². The van der Waals surface area contributed by atoms with Crippen LogP contribution < -0.4 is 10.2 Å². The summed E-state index contributed by atoms with van der Waals surface area (Å²) in [5, 5.41) is 15.5. The molecule has 4 atom stereocenters. The van der Waals surface area contributed by atoms with Gasteiger partial charge in [0.25, 0.3) is 0 Å². The summed E-state index contributed by atoms with van der Waals surface area (Å²) in [4.78, 5) is 29.3. The average Bonchev–Trinajstić information content (AvgIpc) is 3.59. The summed E-state index contributed by atoms with van der Waals surface area (Å²) in [5.74, 6) is -0.474. The summed E-state index contributed by atoms with van der Waals surface area (Å²) >= 11 is 0. The predicted molar refractivity (Wildman–Crippen MR) is 184 cm³/mol.